The Bertz CT molecular complexity index is 751. The summed E-state index contributed by atoms with van der Waals surface area (Å²) in [4.78, 5) is 12.1. The molecule has 0 aliphatic rings. The van der Waals surface area contributed by atoms with Crippen molar-refractivity contribution < 1.29 is 19.0 Å². The highest BCUT2D eigenvalue weighted by Crippen LogP contribution is 2.29. The second kappa shape index (κ2) is 9.17. The Morgan fingerprint density at radius 3 is 2.44 bits per heavy atom. The highest BCUT2D eigenvalue weighted by Gasteiger charge is 2.07. The van der Waals surface area contributed by atoms with Gasteiger partial charge in [-0.2, -0.15) is 0 Å². The van der Waals surface area contributed by atoms with Crippen molar-refractivity contribution in [3.63, 3.8) is 0 Å². The smallest absolute Gasteiger partial charge is 0.248 e. The van der Waals surface area contributed by atoms with Gasteiger partial charge in [0.1, 0.15) is 23.9 Å². The van der Waals surface area contributed by atoms with Crippen molar-refractivity contribution in [1.29, 1.82) is 0 Å². The lowest BCUT2D eigenvalue weighted by Gasteiger charge is -2.10. The first-order valence-electron chi connectivity index (χ1n) is 7.71. The summed E-state index contributed by atoms with van der Waals surface area (Å²) in [7, 11) is 3.11. The van der Waals surface area contributed by atoms with Crippen LogP contribution in [0, 0.1) is 0 Å². The standard InChI is InChI=1S/C20H21NO4/c1-4-13-25-16-8-5-15(6-9-16)7-12-20(22)21-18-11-10-17(23-2)14-19(18)24-3/h4-12,14H,1,13H2,2-3H3,(H,21,22)/b12-7+. The number of hydrogen-bond acceptors (Lipinski definition) is 4. The average Bonchev–Trinajstić information content (AvgIpc) is 2.65. The van der Waals surface area contributed by atoms with Crippen molar-refractivity contribution in [3.8, 4) is 17.2 Å². The molecule has 0 aliphatic carbocycles. The van der Waals surface area contributed by atoms with Gasteiger partial charge in [-0.1, -0.05) is 24.8 Å². The Morgan fingerprint density at radius 1 is 1.08 bits per heavy atom. The first-order chi connectivity index (χ1) is 12.2. The summed E-state index contributed by atoms with van der Waals surface area (Å²) in [5, 5.41) is 2.78. The Labute approximate surface area is 147 Å². The molecule has 130 valence electrons. The average molecular weight is 339 g/mol. The second-order valence-electron chi connectivity index (χ2n) is 5.06. The molecule has 0 atom stereocenters. The number of benzene rings is 2. The van der Waals surface area contributed by atoms with Crippen molar-refractivity contribution in [1.82, 2.24) is 0 Å². The number of carbonyl (C=O) groups is 1. The van der Waals surface area contributed by atoms with Crippen molar-refractivity contribution in [2.24, 2.45) is 0 Å². The summed E-state index contributed by atoms with van der Waals surface area (Å²) in [6, 6.07) is 12.6. The molecule has 1 amide bonds. The Kier molecular flexibility index (Phi) is 6.65. The van der Waals surface area contributed by atoms with Gasteiger partial charge in [-0.15, -0.1) is 0 Å². The molecule has 2 rings (SSSR count). The molecule has 0 saturated heterocycles. The maximum absolute atomic E-state index is 12.1. The van der Waals surface area contributed by atoms with Gasteiger partial charge >= 0.3 is 0 Å². The van der Waals surface area contributed by atoms with E-state index in [1.807, 2.05) is 24.3 Å². The molecule has 0 saturated carbocycles. The number of amides is 1. The molecule has 5 heteroatoms. The van der Waals surface area contributed by atoms with E-state index in [0.29, 0.717) is 23.8 Å². The Hall–Kier alpha value is -3.21. The van der Waals surface area contributed by atoms with Crippen LogP contribution in [0.25, 0.3) is 6.08 Å². The zero-order valence-corrected chi connectivity index (χ0v) is 14.3. The van der Waals surface area contributed by atoms with Gasteiger partial charge in [-0.05, 0) is 35.9 Å². The first-order valence-corrected chi connectivity index (χ1v) is 7.71. The van der Waals surface area contributed by atoms with Gasteiger partial charge in [0.2, 0.25) is 5.91 Å². The minimum Gasteiger partial charge on any atom is -0.497 e. The summed E-state index contributed by atoms with van der Waals surface area (Å²) >= 11 is 0. The molecule has 2 aromatic rings. The fourth-order valence-corrected chi connectivity index (χ4v) is 2.08. The summed E-state index contributed by atoms with van der Waals surface area (Å²) in [6.45, 7) is 4.06. The molecule has 0 spiro atoms. The summed E-state index contributed by atoms with van der Waals surface area (Å²) in [6.07, 6.45) is 4.87. The van der Waals surface area contributed by atoms with Crippen LogP contribution in [0.2, 0.25) is 0 Å². The number of anilines is 1. The molecule has 0 heterocycles. The molecule has 0 aliphatic heterocycles. The highest BCUT2D eigenvalue weighted by atomic mass is 16.5. The zero-order chi connectivity index (χ0) is 18.1. The third-order valence-electron chi connectivity index (χ3n) is 3.34. The van der Waals surface area contributed by atoms with Crippen LogP contribution in [-0.4, -0.2) is 26.7 Å². The van der Waals surface area contributed by atoms with Gasteiger partial charge in [-0.3, -0.25) is 4.79 Å². The van der Waals surface area contributed by atoms with E-state index in [-0.39, 0.29) is 5.91 Å². The van der Waals surface area contributed by atoms with E-state index in [1.54, 1.807) is 37.5 Å². The van der Waals surface area contributed by atoms with Crippen LogP contribution >= 0.6 is 0 Å². The van der Waals surface area contributed by atoms with Gasteiger partial charge < -0.3 is 19.5 Å². The maximum Gasteiger partial charge on any atom is 0.248 e. The van der Waals surface area contributed by atoms with E-state index < -0.39 is 0 Å². The number of methoxy groups -OCH3 is 2. The lowest BCUT2D eigenvalue weighted by molar-refractivity contribution is -0.111. The van der Waals surface area contributed by atoms with Gasteiger partial charge in [0.15, 0.2) is 0 Å². The summed E-state index contributed by atoms with van der Waals surface area (Å²) in [5.74, 6) is 1.69. The minimum atomic E-state index is -0.254. The predicted molar refractivity (Wildman–Crippen MR) is 99.3 cm³/mol. The van der Waals surface area contributed by atoms with Gasteiger partial charge in [0, 0.05) is 12.1 Å². The Balaban J connectivity index is 1.99. The van der Waals surface area contributed by atoms with E-state index >= 15 is 0 Å². The molecule has 5 nitrogen and oxygen atoms in total. The lowest BCUT2D eigenvalue weighted by Crippen LogP contribution is -2.09. The SMILES string of the molecule is C=CCOc1ccc(/C=C/C(=O)Nc2ccc(OC)cc2OC)cc1. The minimum absolute atomic E-state index is 0.254. The van der Waals surface area contributed by atoms with Crippen LogP contribution in [-0.2, 0) is 4.79 Å². The van der Waals surface area contributed by atoms with E-state index in [9.17, 15) is 4.79 Å². The number of nitrogens with one attached hydrogen (secondary N) is 1. The van der Waals surface area contributed by atoms with Crippen molar-refractivity contribution in [3.05, 3.63) is 66.8 Å². The number of hydrogen-bond donors (Lipinski definition) is 1. The molecule has 0 aromatic heterocycles. The molecule has 0 radical (unpaired) electrons. The van der Waals surface area contributed by atoms with Crippen molar-refractivity contribution >= 4 is 17.7 Å². The molecule has 0 bridgehead atoms. The van der Waals surface area contributed by atoms with Crippen LogP contribution in [0.1, 0.15) is 5.56 Å². The van der Waals surface area contributed by atoms with Gasteiger partial charge in [0.05, 0.1) is 19.9 Å². The monoisotopic (exact) mass is 339 g/mol. The van der Waals surface area contributed by atoms with E-state index in [2.05, 4.69) is 11.9 Å². The summed E-state index contributed by atoms with van der Waals surface area (Å²) < 4.78 is 15.8. The molecular formula is C20H21NO4. The number of rotatable bonds is 8. The predicted octanol–water partition coefficient (Wildman–Crippen LogP) is 3.92. The normalized spacial score (nSPS) is 10.3. The molecule has 1 N–H and O–H groups in total. The fraction of sp³-hybridized carbons (Fsp3) is 0.150. The van der Waals surface area contributed by atoms with Crippen LogP contribution in [0.5, 0.6) is 17.2 Å². The lowest BCUT2D eigenvalue weighted by atomic mass is 10.2. The Morgan fingerprint density at radius 2 is 1.80 bits per heavy atom. The maximum atomic E-state index is 12.1. The van der Waals surface area contributed by atoms with Crippen LogP contribution in [0.4, 0.5) is 5.69 Å². The van der Waals surface area contributed by atoms with Gasteiger partial charge in [0.25, 0.3) is 0 Å². The zero-order valence-electron chi connectivity index (χ0n) is 14.3. The molecular weight excluding hydrogens is 318 g/mol. The van der Waals surface area contributed by atoms with Crippen molar-refractivity contribution in [2.75, 3.05) is 26.1 Å². The third-order valence-corrected chi connectivity index (χ3v) is 3.34. The van der Waals surface area contributed by atoms with E-state index in [1.165, 1.54) is 13.2 Å². The molecule has 2 aromatic carbocycles. The van der Waals surface area contributed by atoms with Gasteiger partial charge in [-0.25, -0.2) is 0 Å². The molecule has 0 unspecified atom stereocenters. The number of ether oxygens (including phenoxy) is 3. The fourth-order valence-electron chi connectivity index (χ4n) is 2.08. The second-order valence-corrected chi connectivity index (χ2v) is 5.06. The first kappa shape index (κ1) is 18.1. The quantitative estimate of drug-likeness (QED) is 0.585. The molecule has 0 fully saturated rings. The van der Waals surface area contributed by atoms with E-state index in [4.69, 9.17) is 14.2 Å². The molecule has 25 heavy (non-hydrogen) atoms. The third kappa shape index (κ3) is 5.42. The number of carbonyl (C=O) groups excluding carboxylic acids is 1. The van der Waals surface area contributed by atoms with E-state index in [0.717, 1.165) is 11.3 Å². The van der Waals surface area contributed by atoms with Crippen LogP contribution < -0.4 is 19.5 Å². The summed E-state index contributed by atoms with van der Waals surface area (Å²) in [5.41, 5.74) is 1.47. The highest BCUT2D eigenvalue weighted by molar-refractivity contribution is 6.02. The van der Waals surface area contributed by atoms with Crippen molar-refractivity contribution in [2.45, 2.75) is 0 Å². The topological polar surface area (TPSA) is 56.8 Å². The van der Waals surface area contributed by atoms with Crippen LogP contribution in [0.3, 0.4) is 0 Å². The van der Waals surface area contributed by atoms with Crippen LogP contribution in [0.15, 0.2) is 61.2 Å². The largest absolute Gasteiger partial charge is 0.497 e.